The number of carbonyl (C=O) groups is 1. The Labute approximate surface area is 152 Å². The van der Waals surface area contributed by atoms with Gasteiger partial charge in [0.05, 0.1) is 13.7 Å². The van der Waals surface area contributed by atoms with Crippen LogP contribution in [0.1, 0.15) is 11.3 Å². The SMILES string of the molecule is COc1cc(C)ccc1OCC(=O)NCCn1nc(C(F)(F)F)ccc1=O. The van der Waals surface area contributed by atoms with Crippen molar-refractivity contribution < 1.29 is 27.4 Å². The summed E-state index contributed by atoms with van der Waals surface area (Å²) in [7, 11) is 1.47. The Hall–Kier alpha value is -3.04. The standard InChI is InChI=1S/C17H18F3N3O4/c1-11-3-4-12(13(9-11)26-2)27-10-15(24)21-7-8-23-16(25)6-5-14(22-23)17(18,19)20/h3-6,9H,7-8,10H2,1-2H3,(H,21,24). The first-order valence-electron chi connectivity index (χ1n) is 7.90. The molecule has 0 bridgehead atoms. The number of nitrogens with zero attached hydrogens (tertiary/aromatic N) is 2. The van der Waals surface area contributed by atoms with Crippen LogP contribution in [0.4, 0.5) is 13.2 Å². The first-order valence-corrected chi connectivity index (χ1v) is 7.90. The second-order valence-electron chi connectivity index (χ2n) is 5.57. The Bertz CT molecular complexity index is 865. The quantitative estimate of drug-likeness (QED) is 0.786. The van der Waals surface area contributed by atoms with E-state index in [9.17, 15) is 22.8 Å². The molecule has 0 saturated heterocycles. The first-order chi connectivity index (χ1) is 12.7. The summed E-state index contributed by atoms with van der Waals surface area (Å²) in [6, 6.07) is 6.60. The number of methoxy groups -OCH3 is 1. The van der Waals surface area contributed by atoms with E-state index in [4.69, 9.17) is 9.47 Å². The van der Waals surface area contributed by atoms with Crippen LogP contribution in [0.5, 0.6) is 11.5 Å². The lowest BCUT2D eigenvalue weighted by atomic mass is 10.2. The minimum Gasteiger partial charge on any atom is -0.493 e. The summed E-state index contributed by atoms with van der Waals surface area (Å²) in [4.78, 5) is 23.4. The number of ether oxygens (including phenoxy) is 2. The number of aromatic nitrogens is 2. The van der Waals surface area contributed by atoms with Crippen molar-refractivity contribution in [2.75, 3.05) is 20.3 Å². The molecule has 0 aliphatic rings. The molecule has 146 valence electrons. The molecule has 0 spiro atoms. The van der Waals surface area contributed by atoms with E-state index in [1.807, 2.05) is 6.92 Å². The topological polar surface area (TPSA) is 82.4 Å². The smallest absolute Gasteiger partial charge is 0.435 e. The number of hydrogen-bond acceptors (Lipinski definition) is 5. The Morgan fingerprint density at radius 1 is 1.22 bits per heavy atom. The summed E-state index contributed by atoms with van der Waals surface area (Å²) < 4.78 is 49.0. The molecule has 1 N–H and O–H groups in total. The van der Waals surface area contributed by atoms with E-state index in [0.29, 0.717) is 22.2 Å². The van der Waals surface area contributed by atoms with Gasteiger partial charge in [0.15, 0.2) is 23.8 Å². The molecule has 0 saturated carbocycles. The van der Waals surface area contributed by atoms with Gasteiger partial charge in [-0.2, -0.15) is 18.3 Å². The molecule has 2 aromatic rings. The number of amides is 1. The van der Waals surface area contributed by atoms with E-state index in [-0.39, 0.29) is 19.7 Å². The van der Waals surface area contributed by atoms with Crippen LogP contribution in [0, 0.1) is 6.92 Å². The number of benzene rings is 1. The number of carbonyl (C=O) groups excluding carboxylic acids is 1. The van der Waals surface area contributed by atoms with E-state index in [2.05, 4.69) is 10.4 Å². The van der Waals surface area contributed by atoms with E-state index in [1.165, 1.54) is 7.11 Å². The van der Waals surface area contributed by atoms with Crippen molar-refractivity contribution in [3.05, 3.63) is 51.9 Å². The molecule has 7 nitrogen and oxygen atoms in total. The van der Waals surface area contributed by atoms with Gasteiger partial charge < -0.3 is 14.8 Å². The highest BCUT2D eigenvalue weighted by atomic mass is 19.4. The molecule has 1 aromatic carbocycles. The average Bonchev–Trinajstić information content (AvgIpc) is 2.61. The molecule has 1 amide bonds. The molecular formula is C17H18F3N3O4. The van der Waals surface area contributed by atoms with Crippen LogP contribution in [0.3, 0.4) is 0 Å². The number of hydrogen-bond donors (Lipinski definition) is 1. The highest BCUT2D eigenvalue weighted by Gasteiger charge is 2.33. The van der Waals surface area contributed by atoms with Crippen LogP contribution >= 0.6 is 0 Å². The maximum absolute atomic E-state index is 12.6. The van der Waals surface area contributed by atoms with E-state index in [0.717, 1.165) is 11.6 Å². The van der Waals surface area contributed by atoms with Gasteiger partial charge in [-0.15, -0.1) is 0 Å². The van der Waals surface area contributed by atoms with Gasteiger partial charge in [-0.05, 0) is 30.7 Å². The monoisotopic (exact) mass is 385 g/mol. The normalized spacial score (nSPS) is 11.1. The van der Waals surface area contributed by atoms with Crippen LogP contribution in [0.15, 0.2) is 35.1 Å². The second kappa shape index (κ2) is 8.56. The molecule has 0 radical (unpaired) electrons. The van der Waals surface area contributed by atoms with E-state index < -0.39 is 23.3 Å². The van der Waals surface area contributed by atoms with Gasteiger partial charge in [0, 0.05) is 12.6 Å². The summed E-state index contributed by atoms with van der Waals surface area (Å²) in [5, 5.41) is 5.69. The zero-order chi connectivity index (χ0) is 20.0. The van der Waals surface area contributed by atoms with Crippen LogP contribution in [-0.4, -0.2) is 35.9 Å². The van der Waals surface area contributed by atoms with Crippen LogP contribution < -0.4 is 20.3 Å². The van der Waals surface area contributed by atoms with Crippen molar-refractivity contribution in [1.82, 2.24) is 15.1 Å². The predicted octanol–water partition coefficient (Wildman–Crippen LogP) is 1.77. The van der Waals surface area contributed by atoms with Gasteiger partial charge in [-0.25, -0.2) is 4.68 Å². The molecule has 0 aliphatic heterocycles. The molecule has 10 heteroatoms. The fourth-order valence-corrected chi connectivity index (χ4v) is 2.15. The van der Waals surface area contributed by atoms with E-state index >= 15 is 0 Å². The predicted molar refractivity (Wildman–Crippen MR) is 89.7 cm³/mol. The highest BCUT2D eigenvalue weighted by molar-refractivity contribution is 5.77. The summed E-state index contributed by atoms with van der Waals surface area (Å²) >= 11 is 0. The number of rotatable bonds is 7. The Kier molecular flexibility index (Phi) is 6.43. The molecular weight excluding hydrogens is 367 g/mol. The Balaban J connectivity index is 1.87. The minimum atomic E-state index is -4.65. The van der Waals surface area contributed by atoms with Crippen molar-refractivity contribution in [3.63, 3.8) is 0 Å². The fourth-order valence-electron chi connectivity index (χ4n) is 2.15. The third-order valence-electron chi connectivity index (χ3n) is 3.48. The molecule has 0 atom stereocenters. The summed E-state index contributed by atoms with van der Waals surface area (Å²) in [6.07, 6.45) is -4.65. The molecule has 27 heavy (non-hydrogen) atoms. The van der Waals surface area contributed by atoms with Gasteiger partial charge in [0.1, 0.15) is 0 Å². The number of halogens is 3. The highest BCUT2D eigenvalue weighted by Crippen LogP contribution is 2.27. The lowest BCUT2D eigenvalue weighted by molar-refractivity contribution is -0.142. The van der Waals surface area contributed by atoms with Crippen LogP contribution in [-0.2, 0) is 17.5 Å². The zero-order valence-electron chi connectivity index (χ0n) is 14.7. The molecule has 0 unspecified atom stereocenters. The molecule has 2 rings (SSSR count). The van der Waals surface area contributed by atoms with Crippen molar-refractivity contribution in [3.8, 4) is 11.5 Å². The number of aryl methyl sites for hydroxylation is 1. The van der Waals surface area contributed by atoms with Crippen molar-refractivity contribution in [2.45, 2.75) is 19.6 Å². The number of alkyl halides is 3. The summed E-state index contributed by atoms with van der Waals surface area (Å²) in [5.41, 5.74) is -0.913. The maximum atomic E-state index is 12.6. The lowest BCUT2D eigenvalue weighted by Crippen LogP contribution is -2.35. The van der Waals surface area contributed by atoms with Crippen molar-refractivity contribution in [1.29, 1.82) is 0 Å². The largest absolute Gasteiger partial charge is 0.493 e. The Morgan fingerprint density at radius 2 is 1.96 bits per heavy atom. The average molecular weight is 385 g/mol. The van der Waals surface area contributed by atoms with Gasteiger partial charge in [0.25, 0.3) is 11.5 Å². The van der Waals surface area contributed by atoms with Crippen molar-refractivity contribution >= 4 is 5.91 Å². The van der Waals surface area contributed by atoms with E-state index in [1.54, 1.807) is 18.2 Å². The first kappa shape index (κ1) is 20.3. The zero-order valence-corrected chi connectivity index (χ0v) is 14.7. The maximum Gasteiger partial charge on any atom is 0.435 e. The summed E-state index contributed by atoms with van der Waals surface area (Å²) in [5.74, 6) is 0.356. The van der Waals surface area contributed by atoms with Crippen LogP contribution in [0.25, 0.3) is 0 Å². The minimum absolute atomic E-state index is 0.0819. The third kappa shape index (κ3) is 5.73. The van der Waals surface area contributed by atoms with Crippen LogP contribution in [0.2, 0.25) is 0 Å². The lowest BCUT2D eigenvalue weighted by Gasteiger charge is -2.12. The van der Waals surface area contributed by atoms with Crippen molar-refractivity contribution in [2.24, 2.45) is 0 Å². The molecule has 0 aliphatic carbocycles. The van der Waals surface area contributed by atoms with Gasteiger partial charge in [-0.1, -0.05) is 6.07 Å². The number of nitrogens with one attached hydrogen (secondary N) is 1. The Morgan fingerprint density at radius 3 is 2.63 bits per heavy atom. The van der Waals surface area contributed by atoms with Gasteiger partial charge in [0.2, 0.25) is 0 Å². The third-order valence-corrected chi connectivity index (χ3v) is 3.48. The second-order valence-corrected chi connectivity index (χ2v) is 5.57. The summed E-state index contributed by atoms with van der Waals surface area (Å²) in [6.45, 7) is 1.27. The molecule has 1 aromatic heterocycles. The molecule has 1 heterocycles. The fraction of sp³-hybridized carbons (Fsp3) is 0.353. The van der Waals surface area contributed by atoms with Gasteiger partial charge in [-0.3, -0.25) is 9.59 Å². The van der Waals surface area contributed by atoms with Gasteiger partial charge >= 0.3 is 6.18 Å². The molecule has 0 fully saturated rings.